The fraction of sp³-hybridized carbons (Fsp3) is 0.706. The van der Waals surface area contributed by atoms with Gasteiger partial charge in [-0.25, -0.2) is 8.42 Å². The molecule has 3 rings (SSSR count). The van der Waals surface area contributed by atoms with Gasteiger partial charge in [0.05, 0.1) is 18.6 Å². The molecule has 1 aromatic rings. The molecule has 1 aromatic heterocycles. The van der Waals surface area contributed by atoms with Crippen LogP contribution in [0.1, 0.15) is 31.1 Å². The summed E-state index contributed by atoms with van der Waals surface area (Å²) in [4.78, 5) is 15.7. The van der Waals surface area contributed by atoms with Gasteiger partial charge in [0.15, 0.2) is 0 Å². The van der Waals surface area contributed by atoms with Crippen molar-refractivity contribution in [2.75, 3.05) is 32.8 Å². The van der Waals surface area contributed by atoms with Crippen LogP contribution in [0.3, 0.4) is 0 Å². The molecule has 140 valence electrons. The van der Waals surface area contributed by atoms with Crippen molar-refractivity contribution in [2.45, 2.75) is 43.4 Å². The number of carbonyl (C=O) groups is 1. The van der Waals surface area contributed by atoms with Gasteiger partial charge in [-0.05, 0) is 38.3 Å². The Labute approximate surface area is 153 Å². The van der Waals surface area contributed by atoms with Gasteiger partial charge < -0.3 is 9.64 Å². The fourth-order valence-electron chi connectivity index (χ4n) is 3.46. The number of sulfonamides is 1. The van der Waals surface area contributed by atoms with E-state index in [-0.39, 0.29) is 24.5 Å². The summed E-state index contributed by atoms with van der Waals surface area (Å²) in [5.41, 5.74) is 0. The monoisotopic (exact) mass is 386 g/mol. The summed E-state index contributed by atoms with van der Waals surface area (Å²) >= 11 is 1.29. The molecule has 6 nitrogen and oxygen atoms in total. The molecule has 0 saturated carbocycles. The molecule has 0 bridgehead atoms. The molecule has 3 heterocycles. The first-order valence-electron chi connectivity index (χ1n) is 8.88. The van der Waals surface area contributed by atoms with E-state index in [2.05, 4.69) is 6.92 Å². The standard InChI is InChI=1S/C17H26N2O4S2/c1-3-15-12-18(9-10-23-15)17(20)14-5-4-8-19(11-14)25(21,22)16-7-6-13(2)24-16/h6-7,14-15H,3-5,8-12H2,1-2H3. The van der Waals surface area contributed by atoms with Gasteiger partial charge in [0.1, 0.15) is 4.21 Å². The van der Waals surface area contributed by atoms with Gasteiger partial charge in [-0.3, -0.25) is 4.79 Å². The van der Waals surface area contributed by atoms with Gasteiger partial charge in [0, 0.05) is 31.1 Å². The Bertz CT molecular complexity index is 716. The van der Waals surface area contributed by atoms with Gasteiger partial charge in [0.2, 0.25) is 5.91 Å². The van der Waals surface area contributed by atoms with Crippen molar-refractivity contribution < 1.29 is 17.9 Å². The van der Waals surface area contributed by atoms with Crippen LogP contribution in [0.25, 0.3) is 0 Å². The van der Waals surface area contributed by atoms with E-state index >= 15 is 0 Å². The van der Waals surface area contributed by atoms with E-state index in [9.17, 15) is 13.2 Å². The Morgan fingerprint density at radius 2 is 2.12 bits per heavy atom. The summed E-state index contributed by atoms with van der Waals surface area (Å²) in [6, 6.07) is 3.48. The molecule has 0 radical (unpaired) electrons. The third kappa shape index (κ3) is 4.07. The van der Waals surface area contributed by atoms with Gasteiger partial charge in [-0.1, -0.05) is 6.92 Å². The minimum atomic E-state index is -3.50. The molecular weight excluding hydrogens is 360 g/mol. The van der Waals surface area contributed by atoms with E-state index in [0.717, 1.165) is 24.1 Å². The molecule has 2 atom stereocenters. The number of hydrogen-bond donors (Lipinski definition) is 0. The molecule has 2 saturated heterocycles. The van der Waals surface area contributed by atoms with E-state index in [1.165, 1.54) is 15.6 Å². The largest absolute Gasteiger partial charge is 0.375 e. The maximum atomic E-state index is 12.9. The van der Waals surface area contributed by atoms with Crippen molar-refractivity contribution in [1.29, 1.82) is 0 Å². The number of hydrogen-bond acceptors (Lipinski definition) is 5. The van der Waals surface area contributed by atoms with E-state index in [4.69, 9.17) is 4.74 Å². The second-order valence-corrected chi connectivity index (χ2v) is 10.2. The molecule has 0 N–H and O–H groups in total. The minimum Gasteiger partial charge on any atom is -0.375 e. The van der Waals surface area contributed by atoms with Crippen LogP contribution in [-0.2, 0) is 19.6 Å². The van der Waals surface area contributed by atoms with E-state index in [1.807, 2.05) is 17.9 Å². The highest BCUT2D eigenvalue weighted by atomic mass is 32.2. The van der Waals surface area contributed by atoms with E-state index < -0.39 is 10.0 Å². The summed E-state index contributed by atoms with van der Waals surface area (Å²) in [5, 5.41) is 0. The average Bonchev–Trinajstić information content (AvgIpc) is 3.08. The van der Waals surface area contributed by atoms with Crippen molar-refractivity contribution in [3.8, 4) is 0 Å². The minimum absolute atomic E-state index is 0.0732. The number of aryl methyl sites for hydroxylation is 1. The van der Waals surface area contributed by atoms with Crippen molar-refractivity contribution >= 4 is 27.3 Å². The summed E-state index contributed by atoms with van der Waals surface area (Å²) < 4.78 is 33.2. The Hall–Kier alpha value is -0.960. The number of rotatable bonds is 4. The summed E-state index contributed by atoms with van der Waals surface area (Å²) in [7, 11) is -3.50. The van der Waals surface area contributed by atoms with Crippen LogP contribution in [0.2, 0.25) is 0 Å². The number of thiophene rings is 1. The Balaban J connectivity index is 1.69. The van der Waals surface area contributed by atoms with Gasteiger partial charge >= 0.3 is 0 Å². The molecule has 2 unspecified atom stereocenters. The lowest BCUT2D eigenvalue weighted by atomic mass is 9.97. The topological polar surface area (TPSA) is 66.9 Å². The van der Waals surface area contributed by atoms with Crippen molar-refractivity contribution in [3.05, 3.63) is 17.0 Å². The molecule has 25 heavy (non-hydrogen) atoms. The highest BCUT2D eigenvalue weighted by Crippen LogP contribution is 2.29. The number of ether oxygens (including phenoxy) is 1. The predicted octanol–water partition coefficient (Wildman–Crippen LogP) is 2.09. The molecular formula is C17H26N2O4S2. The van der Waals surface area contributed by atoms with E-state index in [0.29, 0.717) is 30.5 Å². The van der Waals surface area contributed by atoms with Gasteiger partial charge in [0.25, 0.3) is 10.0 Å². The molecule has 2 aliphatic heterocycles. The Morgan fingerprint density at radius 1 is 1.32 bits per heavy atom. The zero-order chi connectivity index (χ0) is 18.0. The molecule has 1 amide bonds. The number of carbonyl (C=O) groups excluding carboxylic acids is 1. The molecule has 0 spiro atoms. The normalized spacial score (nSPS) is 25.9. The van der Waals surface area contributed by atoms with Crippen molar-refractivity contribution in [3.63, 3.8) is 0 Å². The Morgan fingerprint density at radius 3 is 2.80 bits per heavy atom. The van der Waals surface area contributed by atoms with E-state index in [1.54, 1.807) is 6.07 Å². The maximum Gasteiger partial charge on any atom is 0.252 e. The van der Waals surface area contributed by atoms with Gasteiger partial charge in [-0.2, -0.15) is 4.31 Å². The second kappa shape index (κ2) is 7.73. The zero-order valence-corrected chi connectivity index (χ0v) is 16.4. The number of nitrogens with zero attached hydrogens (tertiary/aromatic N) is 2. The maximum absolute atomic E-state index is 12.9. The molecule has 2 aliphatic rings. The number of piperidine rings is 1. The lowest BCUT2D eigenvalue weighted by Gasteiger charge is -2.37. The zero-order valence-electron chi connectivity index (χ0n) is 14.8. The van der Waals surface area contributed by atoms with Gasteiger partial charge in [-0.15, -0.1) is 11.3 Å². The first-order valence-corrected chi connectivity index (χ1v) is 11.1. The summed E-state index contributed by atoms with van der Waals surface area (Å²) in [5.74, 6) is -0.177. The molecule has 2 fully saturated rings. The lowest BCUT2D eigenvalue weighted by Crippen LogP contribution is -2.51. The van der Waals surface area contributed by atoms with Crippen LogP contribution >= 0.6 is 11.3 Å². The van der Waals surface area contributed by atoms with Crippen molar-refractivity contribution in [2.24, 2.45) is 5.92 Å². The molecule has 0 aromatic carbocycles. The quantitative estimate of drug-likeness (QED) is 0.795. The third-order valence-electron chi connectivity index (χ3n) is 4.95. The van der Waals surface area contributed by atoms with Crippen LogP contribution < -0.4 is 0 Å². The second-order valence-electron chi connectivity index (χ2n) is 6.75. The van der Waals surface area contributed by atoms with Crippen LogP contribution in [0, 0.1) is 12.8 Å². The van der Waals surface area contributed by atoms with Crippen LogP contribution in [0.4, 0.5) is 0 Å². The lowest BCUT2D eigenvalue weighted by molar-refractivity contribution is -0.144. The molecule has 8 heteroatoms. The van der Waals surface area contributed by atoms with Crippen LogP contribution in [0.15, 0.2) is 16.3 Å². The van der Waals surface area contributed by atoms with Crippen LogP contribution in [0.5, 0.6) is 0 Å². The summed E-state index contributed by atoms with van der Waals surface area (Å²) in [6.07, 6.45) is 2.45. The smallest absolute Gasteiger partial charge is 0.252 e. The van der Waals surface area contributed by atoms with Crippen LogP contribution in [-0.4, -0.2) is 62.4 Å². The highest BCUT2D eigenvalue weighted by Gasteiger charge is 2.36. The third-order valence-corrected chi connectivity index (χ3v) is 8.28. The molecule has 0 aliphatic carbocycles. The summed E-state index contributed by atoms with van der Waals surface area (Å²) in [6.45, 7) is 6.50. The SMILES string of the molecule is CCC1CN(C(=O)C2CCCN(S(=O)(=O)c3ccc(C)s3)C2)CCO1. The number of amides is 1. The fourth-order valence-corrected chi connectivity index (χ4v) is 6.43. The first kappa shape index (κ1) is 18.8. The average molecular weight is 387 g/mol. The predicted molar refractivity (Wildman–Crippen MR) is 97.1 cm³/mol. The Kier molecular flexibility index (Phi) is 5.82. The van der Waals surface area contributed by atoms with Crippen molar-refractivity contribution in [1.82, 2.24) is 9.21 Å². The first-order chi connectivity index (χ1) is 11.9. The number of morpholine rings is 1. The highest BCUT2D eigenvalue weighted by molar-refractivity contribution is 7.91.